The number of aromatic amines is 1. The van der Waals surface area contributed by atoms with Crippen LogP contribution in [0.15, 0.2) is 33.5 Å². The quantitative estimate of drug-likeness (QED) is 0.582. The number of fused-ring (bicyclic) bond motifs is 3. The predicted molar refractivity (Wildman–Crippen MR) is 83.4 cm³/mol. The number of rotatable bonds is 4. The van der Waals surface area contributed by atoms with Crippen molar-refractivity contribution in [3.8, 4) is 0 Å². The maximum atomic E-state index is 11.4. The molecular formula is C15H15N3O4. The first-order valence-electron chi connectivity index (χ1n) is 6.78. The number of nitrogens with two attached hydrogens (primary N) is 1. The lowest BCUT2D eigenvalue weighted by Crippen LogP contribution is -2.25. The summed E-state index contributed by atoms with van der Waals surface area (Å²) in [6.07, 6.45) is 0. The van der Waals surface area contributed by atoms with Crippen LogP contribution in [0.1, 0.15) is 17.5 Å². The number of benzene rings is 1. The van der Waals surface area contributed by atoms with Crippen molar-refractivity contribution in [2.45, 2.75) is 13.0 Å². The summed E-state index contributed by atoms with van der Waals surface area (Å²) in [6, 6.07) is 6.21. The van der Waals surface area contributed by atoms with E-state index in [4.69, 9.17) is 10.2 Å². The van der Waals surface area contributed by atoms with Crippen LogP contribution in [0.3, 0.4) is 0 Å². The Morgan fingerprint density at radius 3 is 2.86 bits per heavy atom. The van der Waals surface area contributed by atoms with Gasteiger partial charge in [-0.2, -0.15) is 0 Å². The molecule has 0 amide bonds. The molecule has 0 radical (unpaired) electrons. The Balaban J connectivity index is 2.33. The third kappa shape index (κ3) is 2.31. The van der Waals surface area contributed by atoms with Crippen LogP contribution in [0.4, 0.5) is 5.69 Å². The van der Waals surface area contributed by atoms with Gasteiger partial charge in [0.25, 0.3) is 0 Å². The average Bonchev–Trinajstić information content (AvgIpc) is 2.83. The summed E-state index contributed by atoms with van der Waals surface area (Å²) in [7, 11) is 0. The molecule has 0 saturated heterocycles. The van der Waals surface area contributed by atoms with Gasteiger partial charge in [-0.25, -0.2) is 4.79 Å². The fourth-order valence-corrected chi connectivity index (χ4v) is 2.41. The van der Waals surface area contributed by atoms with E-state index < -0.39 is 5.97 Å². The van der Waals surface area contributed by atoms with Gasteiger partial charge in [-0.3, -0.25) is 4.79 Å². The van der Waals surface area contributed by atoms with Crippen molar-refractivity contribution < 1.29 is 14.3 Å². The molecule has 0 unspecified atom stereocenters. The zero-order chi connectivity index (χ0) is 15.9. The van der Waals surface area contributed by atoms with Crippen molar-refractivity contribution in [2.75, 3.05) is 11.9 Å². The maximum absolute atomic E-state index is 11.4. The first kappa shape index (κ1) is 14.2. The number of nitrogens with one attached hydrogen (secondary N) is 2. The molecule has 0 fully saturated rings. The van der Waals surface area contributed by atoms with Crippen LogP contribution in [0, 0.1) is 0 Å². The summed E-state index contributed by atoms with van der Waals surface area (Å²) < 4.78 is 5.44. The van der Waals surface area contributed by atoms with Crippen molar-refractivity contribution in [2.24, 2.45) is 5.73 Å². The topological polar surface area (TPSA) is 121 Å². The van der Waals surface area contributed by atoms with Gasteiger partial charge in [0.15, 0.2) is 0 Å². The van der Waals surface area contributed by atoms with Crippen LogP contribution < -0.4 is 16.6 Å². The highest BCUT2D eigenvalue weighted by atomic mass is 16.4. The second-order valence-electron chi connectivity index (χ2n) is 5.19. The summed E-state index contributed by atoms with van der Waals surface area (Å²) in [5, 5.41) is 13.7. The Bertz CT molecular complexity index is 924. The molecular weight excluding hydrogens is 286 g/mol. The standard InChI is InChI=1S/C15H15N3O4/c1-7(16)6-17-13-12-8-2-5-11(19)18-9(8)3-4-10(12)22-14(13)15(20)21/h2-5,7,17H,6,16H2,1H3,(H,18,19)(H,20,21)/t7-/m1/s1. The number of pyridine rings is 1. The summed E-state index contributed by atoms with van der Waals surface area (Å²) in [4.78, 5) is 25.5. The van der Waals surface area contributed by atoms with Crippen molar-refractivity contribution >= 4 is 33.5 Å². The molecule has 0 aliphatic rings. The van der Waals surface area contributed by atoms with Gasteiger partial charge in [-0.1, -0.05) is 0 Å². The fourth-order valence-electron chi connectivity index (χ4n) is 2.41. The van der Waals surface area contributed by atoms with Gasteiger partial charge < -0.3 is 25.6 Å². The molecule has 2 aromatic heterocycles. The molecule has 114 valence electrons. The largest absolute Gasteiger partial charge is 0.475 e. The Morgan fingerprint density at radius 2 is 2.18 bits per heavy atom. The van der Waals surface area contributed by atoms with Gasteiger partial charge in [0.05, 0.1) is 11.1 Å². The normalized spacial score (nSPS) is 12.6. The monoisotopic (exact) mass is 301 g/mol. The van der Waals surface area contributed by atoms with Gasteiger partial charge in [-0.15, -0.1) is 0 Å². The lowest BCUT2D eigenvalue weighted by Gasteiger charge is -2.09. The molecule has 0 saturated carbocycles. The number of furan rings is 1. The molecule has 0 spiro atoms. The minimum Gasteiger partial charge on any atom is -0.475 e. The molecule has 0 aliphatic heterocycles. The summed E-state index contributed by atoms with van der Waals surface area (Å²) >= 11 is 0. The molecule has 1 atom stereocenters. The van der Waals surface area contributed by atoms with E-state index in [-0.39, 0.29) is 17.4 Å². The van der Waals surface area contributed by atoms with Crippen molar-refractivity contribution in [1.29, 1.82) is 0 Å². The zero-order valence-electron chi connectivity index (χ0n) is 11.8. The maximum Gasteiger partial charge on any atom is 0.374 e. The van der Waals surface area contributed by atoms with Gasteiger partial charge in [0.1, 0.15) is 5.58 Å². The molecule has 5 N–H and O–H groups in total. The Kier molecular flexibility index (Phi) is 3.34. The number of aromatic nitrogens is 1. The molecule has 3 rings (SSSR count). The number of carbonyl (C=O) groups is 1. The summed E-state index contributed by atoms with van der Waals surface area (Å²) in [6.45, 7) is 2.21. The number of hydrogen-bond donors (Lipinski definition) is 4. The van der Waals surface area contributed by atoms with Crippen LogP contribution in [0.25, 0.3) is 21.9 Å². The highest BCUT2D eigenvalue weighted by Gasteiger charge is 2.21. The summed E-state index contributed by atoms with van der Waals surface area (Å²) in [5.41, 5.74) is 6.92. The van der Waals surface area contributed by atoms with Crippen molar-refractivity contribution in [3.05, 3.63) is 40.4 Å². The first-order valence-corrected chi connectivity index (χ1v) is 6.78. The average molecular weight is 301 g/mol. The van der Waals surface area contributed by atoms with E-state index in [0.717, 1.165) is 0 Å². The van der Waals surface area contributed by atoms with Crippen LogP contribution >= 0.6 is 0 Å². The number of hydrogen-bond acceptors (Lipinski definition) is 5. The van der Waals surface area contributed by atoms with Gasteiger partial charge in [-0.05, 0) is 25.1 Å². The zero-order valence-corrected chi connectivity index (χ0v) is 11.8. The Labute approximate surface area is 124 Å². The van der Waals surface area contributed by atoms with Crippen molar-refractivity contribution in [1.82, 2.24) is 4.98 Å². The third-order valence-corrected chi connectivity index (χ3v) is 3.35. The van der Waals surface area contributed by atoms with Crippen molar-refractivity contribution in [3.63, 3.8) is 0 Å². The number of anilines is 1. The van der Waals surface area contributed by atoms with E-state index in [1.54, 1.807) is 18.2 Å². The Hall–Kier alpha value is -2.80. The number of H-pyrrole nitrogens is 1. The van der Waals surface area contributed by atoms with Gasteiger partial charge in [0, 0.05) is 29.6 Å². The molecule has 1 aromatic carbocycles. The van der Waals surface area contributed by atoms with E-state index in [0.29, 0.717) is 34.1 Å². The van der Waals surface area contributed by atoms with Crippen LogP contribution in [0.5, 0.6) is 0 Å². The molecule has 7 heteroatoms. The predicted octanol–water partition coefficient (Wildman–Crippen LogP) is 1.73. The molecule has 0 bridgehead atoms. The van der Waals surface area contributed by atoms with E-state index >= 15 is 0 Å². The van der Waals surface area contributed by atoms with E-state index in [2.05, 4.69) is 10.3 Å². The molecule has 0 aliphatic carbocycles. The number of carboxylic acids is 1. The third-order valence-electron chi connectivity index (χ3n) is 3.35. The van der Waals surface area contributed by atoms with Crippen LogP contribution in [-0.4, -0.2) is 28.6 Å². The van der Waals surface area contributed by atoms with Crippen LogP contribution in [0.2, 0.25) is 0 Å². The van der Waals surface area contributed by atoms with E-state index in [1.165, 1.54) is 6.07 Å². The first-order chi connectivity index (χ1) is 10.5. The highest BCUT2D eigenvalue weighted by Crippen LogP contribution is 2.35. The molecule has 22 heavy (non-hydrogen) atoms. The van der Waals surface area contributed by atoms with Gasteiger partial charge in [0.2, 0.25) is 11.3 Å². The lowest BCUT2D eigenvalue weighted by molar-refractivity contribution is 0.0666. The number of carboxylic acid groups (broad SMARTS) is 1. The Morgan fingerprint density at radius 1 is 1.41 bits per heavy atom. The second-order valence-corrected chi connectivity index (χ2v) is 5.19. The van der Waals surface area contributed by atoms with E-state index in [9.17, 15) is 14.7 Å². The minimum absolute atomic E-state index is 0.152. The van der Waals surface area contributed by atoms with Crippen LogP contribution in [-0.2, 0) is 0 Å². The minimum atomic E-state index is -1.17. The summed E-state index contributed by atoms with van der Waals surface area (Å²) in [5.74, 6) is -1.34. The SMILES string of the molecule is C[C@@H](N)CNc1c(C(=O)O)oc2ccc3[nH]c(=O)ccc3c12. The number of aromatic carboxylic acids is 1. The van der Waals surface area contributed by atoms with E-state index in [1.807, 2.05) is 6.92 Å². The van der Waals surface area contributed by atoms with Gasteiger partial charge >= 0.3 is 5.97 Å². The highest BCUT2D eigenvalue weighted by molar-refractivity contribution is 6.15. The lowest BCUT2D eigenvalue weighted by atomic mass is 10.1. The molecule has 7 nitrogen and oxygen atoms in total. The second kappa shape index (κ2) is 5.19. The molecule has 3 aromatic rings. The smallest absolute Gasteiger partial charge is 0.374 e. The fraction of sp³-hybridized carbons (Fsp3) is 0.200. The molecule has 2 heterocycles.